The lowest BCUT2D eigenvalue weighted by Crippen LogP contribution is -2.37. The van der Waals surface area contributed by atoms with Gasteiger partial charge in [-0.1, -0.05) is 15.9 Å². The van der Waals surface area contributed by atoms with Crippen molar-refractivity contribution in [3.8, 4) is 0 Å². The third kappa shape index (κ3) is 1.76. The molecule has 0 radical (unpaired) electrons. The highest BCUT2D eigenvalue weighted by atomic mass is 79.9. The Kier molecular flexibility index (Phi) is 3.04. The number of ether oxygens (including phenoxy) is 2. The molecule has 0 N–H and O–H groups in total. The number of nitrogens with zero attached hydrogens (tertiary/aromatic N) is 1. The standard InChI is InChI=1S/C15H15Br2NO2/c1-18-12-4-5-15(19-6-7-20-15)8-9(12)13-10(16)2-3-11(17)14(13)18/h2-3H,4-8H2,1H3. The van der Waals surface area contributed by atoms with Crippen LogP contribution >= 0.6 is 31.9 Å². The second kappa shape index (κ2) is 4.57. The van der Waals surface area contributed by atoms with Crippen LogP contribution in [0.25, 0.3) is 10.9 Å². The lowest BCUT2D eigenvalue weighted by atomic mass is 9.90. The summed E-state index contributed by atoms with van der Waals surface area (Å²) in [5.41, 5.74) is 4.01. The molecule has 106 valence electrons. The van der Waals surface area contributed by atoms with Crippen molar-refractivity contribution in [1.29, 1.82) is 0 Å². The van der Waals surface area contributed by atoms with Crippen LogP contribution in [0.1, 0.15) is 17.7 Å². The first-order valence-electron chi connectivity index (χ1n) is 6.83. The van der Waals surface area contributed by atoms with E-state index < -0.39 is 0 Å². The molecule has 1 aliphatic carbocycles. The van der Waals surface area contributed by atoms with Gasteiger partial charge in [0.2, 0.25) is 0 Å². The Morgan fingerprint density at radius 1 is 1.15 bits per heavy atom. The fraction of sp³-hybridized carbons (Fsp3) is 0.467. The van der Waals surface area contributed by atoms with Crippen molar-refractivity contribution in [1.82, 2.24) is 4.57 Å². The number of aryl methyl sites for hydroxylation is 1. The molecule has 1 aromatic heterocycles. The summed E-state index contributed by atoms with van der Waals surface area (Å²) in [6.45, 7) is 1.43. The largest absolute Gasteiger partial charge is 0.347 e. The quantitative estimate of drug-likeness (QED) is 0.668. The van der Waals surface area contributed by atoms with Crippen LogP contribution in [0, 0.1) is 0 Å². The molecule has 3 nitrogen and oxygen atoms in total. The van der Waals surface area contributed by atoms with Crippen molar-refractivity contribution in [2.45, 2.75) is 25.0 Å². The molecule has 1 fully saturated rings. The van der Waals surface area contributed by atoms with Gasteiger partial charge in [-0.05, 0) is 40.0 Å². The van der Waals surface area contributed by atoms with Gasteiger partial charge in [-0.15, -0.1) is 0 Å². The third-order valence-electron chi connectivity index (χ3n) is 4.47. The van der Waals surface area contributed by atoms with E-state index >= 15 is 0 Å². The fourth-order valence-corrected chi connectivity index (χ4v) is 4.71. The highest BCUT2D eigenvalue weighted by Crippen LogP contribution is 2.43. The van der Waals surface area contributed by atoms with Crippen molar-refractivity contribution >= 4 is 42.8 Å². The van der Waals surface area contributed by atoms with E-state index in [9.17, 15) is 0 Å². The van der Waals surface area contributed by atoms with Gasteiger partial charge < -0.3 is 14.0 Å². The average Bonchev–Trinajstić information content (AvgIpc) is 2.99. The van der Waals surface area contributed by atoms with Gasteiger partial charge in [0.15, 0.2) is 5.79 Å². The molecule has 1 aliphatic heterocycles. The number of halogens is 2. The van der Waals surface area contributed by atoms with Gasteiger partial charge >= 0.3 is 0 Å². The molecular weight excluding hydrogens is 386 g/mol. The minimum atomic E-state index is -0.386. The van der Waals surface area contributed by atoms with E-state index in [1.807, 2.05) is 0 Å². The van der Waals surface area contributed by atoms with Crippen LogP contribution in [0.4, 0.5) is 0 Å². The normalized spacial score (nSPS) is 20.8. The van der Waals surface area contributed by atoms with E-state index in [0.717, 1.165) is 28.2 Å². The number of fused-ring (bicyclic) bond motifs is 3. The Balaban J connectivity index is 1.97. The molecule has 2 aliphatic rings. The molecule has 0 amide bonds. The Morgan fingerprint density at radius 3 is 2.60 bits per heavy atom. The average molecular weight is 401 g/mol. The van der Waals surface area contributed by atoms with Crippen LogP contribution < -0.4 is 0 Å². The first-order chi connectivity index (χ1) is 9.61. The summed E-state index contributed by atoms with van der Waals surface area (Å²) in [6, 6.07) is 4.19. The number of aromatic nitrogens is 1. The summed E-state index contributed by atoms with van der Waals surface area (Å²) in [7, 11) is 2.15. The SMILES string of the molecule is Cn1c2c(c3c(Br)ccc(Br)c31)CC1(CC2)OCCO1. The molecular formula is C15H15Br2NO2. The molecule has 0 bridgehead atoms. The maximum Gasteiger partial charge on any atom is 0.172 e. The topological polar surface area (TPSA) is 23.4 Å². The summed E-state index contributed by atoms with van der Waals surface area (Å²) in [5.74, 6) is -0.386. The highest BCUT2D eigenvalue weighted by molar-refractivity contribution is 9.11. The van der Waals surface area contributed by atoms with Crippen LogP contribution in [-0.4, -0.2) is 23.6 Å². The smallest absolute Gasteiger partial charge is 0.172 e. The molecule has 0 unspecified atom stereocenters. The van der Waals surface area contributed by atoms with E-state index in [0.29, 0.717) is 13.2 Å². The molecule has 20 heavy (non-hydrogen) atoms. The predicted molar refractivity (Wildman–Crippen MR) is 85.0 cm³/mol. The van der Waals surface area contributed by atoms with Gasteiger partial charge in [-0.3, -0.25) is 0 Å². The molecule has 0 atom stereocenters. The van der Waals surface area contributed by atoms with Crippen molar-refractivity contribution in [2.75, 3.05) is 13.2 Å². The second-order valence-corrected chi connectivity index (χ2v) is 7.23. The molecule has 1 spiro atoms. The molecule has 5 heteroatoms. The van der Waals surface area contributed by atoms with Crippen LogP contribution in [0.5, 0.6) is 0 Å². The second-order valence-electron chi connectivity index (χ2n) is 5.52. The molecule has 2 aromatic rings. The van der Waals surface area contributed by atoms with Crippen LogP contribution in [0.3, 0.4) is 0 Å². The summed E-state index contributed by atoms with van der Waals surface area (Å²) >= 11 is 7.38. The molecule has 0 saturated carbocycles. The fourth-order valence-electron chi connectivity index (χ4n) is 3.56. The van der Waals surface area contributed by atoms with E-state index in [4.69, 9.17) is 9.47 Å². The lowest BCUT2D eigenvalue weighted by molar-refractivity contribution is -0.163. The van der Waals surface area contributed by atoms with Crippen LogP contribution in [-0.2, 0) is 29.4 Å². The first-order valence-corrected chi connectivity index (χ1v) is 8.42. The van der Waals surface area contributed by atoms with Crippen LogP contribution in [0.15, 0.2) is 21.1 Å². The Hall–Kier alpha value is -0.360. The monoisotopic (exact) mass is 399 g/mol. The third-order valence-corrected chi connectivity index (χ3v) is 5.77. The highest BCUT2D eigenvalue weighted by Gasteiger charge is 2.42. The summed E-state index contributed by atoms with van der Waals surface area (Å²) < 4.78 is 16.4. The zero-order valence-corrected chi connectivity index (χ0v) is 14.4. The van der Waals surface area contributed by atoms with Gasteiger partial charge in [0.1, 0.15) is 0 Å². The summed E-state index contributed by atoms with van der Waals surface area (Å²) in [6.07, 6.45) is 2.79. The summed E-state index contributed by atoms with van der Waals surface area (Å²) in [5, 5.41) is 1.29. The Bertz CT molecular complexity index is 702. The number of hydrogen-bond donors (Lipinski definition) is 0. The zero-order chi connectivity index (χ0) is 13.9. The lowest BCUT2D eigenvalue weighted by Gasteiger charge is -2.32. The number of rotatable bonds is 0. The first kappa shape index (κ1) is 13.3. The Morgan fingerprint density at radius 2 is 1.85 bits per heavy atom. The minimum absolute atomic E-state index is 0.386. The van der Waals surface area contributed by atoms with Crippen molar-refractivity contribution in [3.05, 3.63) is 32.3 Å². The minimum Gasteiger partial charge on any atom is -0.347 e. The van der Waals surface area contributed by atoms with Crippen molar-refractivity contribution < 1.29 is 9.47 Å². The van der Waals surface area contributed by atoms with E-state index in [2.05, 4.69) is 55.6 Å². The summed E-state index contributed by atoms with van der Waals surface area (Å²) in [4.78, 5) is 0. The predicted octanol–water partition coefficient (Wildman–Crippen LogP) is 3.94. The molecule has 4 rings (SSSR count). The van der Waals surface area contributed by atoms with Crippen LogP contribution in [0.2, 0.25) is 0 Å². The van der Waals surface area contributed by atoms with Crippen molar-refractivity contribution in [2.24, 2.45) is 7.05 Å². The molecule has 1 saturated heterocycles. The maximum absolute atomic E-state index is 5.91. The van der Waals surface area contributed by atoms with E-state index in [-0.39, 0.29) is 5.79 Å². The van der Waals surface area contributed by atoms with Gasteiger partial charge in [0.25, 0.3) is 0 Å². The van der Waals surface area contributed by atoms with Gasteiger partial charge in [0.05, 0.1) is 18.7 Å². The Labute approximate surface area is 134 Å². The van der Waals surface area contributed by atoms with Crippen molar-refractivity contribution in [3.63, 3.8) is 0 Å². The van der Waals surface area contributed by atoms with E-state index in [1.165, 1.54) is 22.2 Å². The molecule has 2 heterocycles. The van der Waals surface area contributed by atoms with Gasteiger partial charge in [0, 0.05) is 39.9 Å². The maximum atomic E-state index is 5.91. The van der Waals surface area contributed by atoms with Gasteiger partial charge in [-0.25, -0.2) is 0 Å². The zero-order valence-electron chi connectivity index (χ0n) is 11.2. The number of hydrogen-bond acceptors (Lipinski definition) is 2. The van der Waals surface area contributed by atoms with E-state index in [1.54, 1.807) is 0 Å². The van der Waals surface area contributed by atoms with Gasteiger partial charge in [-0.2, -0.15) is 0 Å². The number of benzene rings is 1. The molecule has 1 aromatic carbocycles.